The average Bonchev–Trinajstić information content (AvgIpc) is 2.38. The zero-order chi connectivity index (χ0) is 14.9. The van der Waals surface area contributed by atoms with Gasteiger partial charge in [0.25, 0.3) is 0 Å². The fourth-order valence-electron chi connectivity index (χ4n) is 2.83. The Morgan fingerprint density at radius 3 is 2.60 bits per heavy atom. The lowest BCUT2D eigenvalue weighted by Gasteiger charge is -2.39. The van der Waals surface area contributed by atoms with Gasteiger partial charge in [-0.05, 0) is 37.2 Å². The Hall–Kier alpha value is -1.29. The Morgan fingerprint density at radius 2 is 2.05 bits per heavy atom. The first-order valence-electron chi connectivity index (χ1n) is 7.03. The molecular weight excluding hydrogens is 272 g/mol. The standard InChI is InChI=1S/C15H23ClN4/c1-15(2)7-4-10(5-8-15)20(3)14-12(16)11(13(17)18)6-9-19-14/h6,9-10H,4-5,7-8H2,1-3H3,(H3,17,18). The van der Waals surface area contributed by atoms with E-state index < -0.39 is 0 Å². The highest BCUT2D eigenvalue weighted by atomic mass is 35.5. The van der Waals surface area contributed by atoms with Crippen LogP contribution in [0.4, 0.5) is 5.82 Å². The number of nitrogens with zero attached hydrogens (tertiary/aromatic N) is 2. The number of nitrogen functional groups attached to an aromatic ring is 1. The summed E-state index contributed by atoms with van der Waals surface area (Å²) in [6, 6.07) is 2.14. The lowest BCUT2D eigenvalue weighted by molar-refractivity contribution is 0.222. The number of rotatable bonds is 3. The summed E-state index contributed by atoms with van der Waals surface area (Å²) >= 11 is 6.35. The smallest absolute Gasteiger partial charge is 0.148 e. The van der Waals surface area contributed by atoms with Gasteiger partial charge in [-0.2, -0.15) is 0 Å². The molecule has 20 heavy (non-hydrogen) atoms. The highest BCUT2D eigenvalue weighted by Gasteiger charge is 2.30. The minimum absolute atomic E-state index is 0.0168. The van der Waals surface area contributed by atoms with Gasteiger partial charge in [-0.25, -0.2) is 4.98 Å². The topological polar surface area (TPSA) is 66.0 Å². The van der Waals surface area contributed by atoms with Crippen molar-refractivity contribution in [3.05, 3.63) is 22.8 Å². The predicted molar refractivity (Wildman–Crippen MR) is 84.7 cm³/mol. The van der Waals surface area contributed by atoms with Crippen molar-refractivity contribution in [2.75, 3.05) is 11.9 Å². The quantitative estimate of drug-likeness (QED) is 0.663. The van der Waals surface area contributed by atoms with Crippen molar-refractivity contribution < 1.29 is 0 Å². The van der Waals surface area contributed by atoms with Gasteiger partial charge in [-0.1, -0.05) is 25.4 Å². The van der Waals surface area contributed by atoms with Gasteiger partial charge in [0.15, 0.2) is 0 Å². The van der Waals surface area contributed by atoms with Crippen molar-refractivity contribution >= 4 is 23.3 Å². The van der Waals surface area contributed by atoms with E-state index in [-0.39, 0.29) is 5.84 Å². The Kier molecular flexibility index (Phi) is 4.23. The summed E-state index contributed by atoms with van der Waals surface area (Å²) in [6.07, 6.45) is 6.39. The molecule has 0 spiro atoms. The lowest BCUT2D eigenvalue weighted by Crippen LogP contribution is -2.38. The summed E-state index contributed by atoms with van der Waals surface area (Å²) in [5, 5.41) is 8.04. The molecule has 0 bridgehead atoms. The molecule has 110 valence electrons. The molecule has 5 heteroatoms. The summed E-state index contributed by atoms with van der Waals surface area (Å²) in [5.41, 5.74) is 6.55. The molecule has 4 nitrogen and oxygen atoms in total. The number of nitrogens with one attached hydrogen (secondary N) is 1. The molecule has 0 aliphatic heterocycles. The number of halogens is 1. The third-order valence-electron chi connectivity index (χ3n) is 4.35. The molecule has 0 atom stereocenters. The number of anilines is 1. The molecule has 0 radical (unpaired) electrons. The van der Waals surface area contributed by atoms with Gasteiger partial charge in [-0.3, -0.25) is 5.41 Å². The monoisotopic (exact) mass is 294 g/mol. The number of hydrogen-bond acceptors (Lipinski definition) is 3. The van der Waals surface area contributed by atoms with Crippen LogP contribution in [-0.4, -0.2) is 23.9 Å². The van der Waals surface area contributed by atoms with Gasteiger partial charge < -0.3 is 10.6 Å². The van der Waals surface area contributed by atoms with E-state index in [1.54, 1.807) is 12.3 Å². The van der Waals surface area contributed by atoms with E-state index in [0.29, 0.717) is 22.0 Å². The Morgan fingerprint density at radius 1 is 1.45 bits per heavy atom. The van der Waals surface area contributed by atoms with Crippen LogP contribution in [0.15, 0.2) is 12.3 Å². The molecule has 1 aliphatic rings. The summed E-state index contributed by atoms with van der Waals surface area (Å²) in [7, 11) is 2.03. The zero-order valence-corrected chi connectivity index (χ0v) is 13.2. The molecule has 1 saturated carbocycles. The summed E-state index contributed by atoms with van der Waals surface area (Å²) < 4.78 is 0. The Labute approximate surface area is 125 Å². The molecule has 1 aromatic rings. The van der Waals surface area contributed by atoms with Crippen LogP contribution in [0.2, 0.25) is 5.02 Å². The predicted octanol–water partition coefficient (Wildman–Crippen LogP) is 3.42. The van der Waals surface area contributed by atoms with Crippen LogP contribution in [0.3, 0.4) is 0 Å². The second kappa shape index (κ2) is 5.60. The van der Waals surface area contributed by atoms with Crippen molar-refractivity contribution in [1.29, 1.82) is 5.41 Å². The summed E-state index contributed by atoms with van der Waals surface area (Å²) in [4.78, 5) is 6.52. The maximum atomic E-state index is 7.56. The van der Waals surface area contributed by atoms with Crippen LogP contribution in [0, 0.1) is 10.8 Å². The molecule has 0 aromatic carbocycles. The van der Waals surface area contributed by atoms with E-state index >= 15 is 0 Å². The Bertz CT molecular complexity index is 503. The van der Waals surface area contributed by atoms with Crippen molar-refractivity contribution in [2.24, 2.45) is 11.1 Å². The number of aromatic nitrogens is 1. The second-order valence-corrected chi connectivity index (χ2v) is 6.79. The van der Waals surface area contributed by atoms with Gasteiger partial charge >= 0.3 is 0 Å². The fraction of sp³-hybridized carbons (Fsp3) is 0.600. The van der Waals surface area contributed by atoms with Crippen molar-refractivity contribution in [2.45, 2.75) is 45.6 Å². The van der Waals surface area contributed by atoms with Crippen LogP contribution >= 0.6 is 11.6 Å². The molecule has 1 aliphatic carbocycles. The van der Waals surface area contributed by atoms with Crippen molar-refractivity contribution in [3.8, 4) is 0 Å². The average molecular weight is 295 g/mol. The number of amidine groups is 1. The summed E-state index contributed by atoms with van der Waals surface area (Å²) in [5.74, 6) is 0.709. The number of pyridine rings is 1. The second-order valence-electron chi connectivity index (χ2n) is 6.42. The molecule has 0 unspecified atom stereocenters. The first kappa shape index (κ1) is 15.1. The van der Waals surface area contributed by atoms with E-state index in [0.717, 1.165) is 18.7 Å². The van der Waals surface area contributed by atoms with Gasteiger partial charge in [-0.15, -0.1) is 0 Å². The first-order chi connectivity index (χ1) is 9.32. The van der Waals surface area contributed by atoms with E-state index in [4.69, 9.17) is 22.7 Å². The molecule has 1 fully saturated rings. The molecule has 2 rings (SSSR count). The molecule has 0 amide bonds. The molecular formula is C15H23ClN4. The van der Waals surface area contributed by atoms with Crippen molar-refractivity contribution in [1.82, 2.24) is 4.98 Å². The van der Waals surface area contributed by atoms with Crippen LogP contribution in [-0.2, 0) is 0 Å². The SMILES string of the molecule is CN(c1nccc(C(=N)N)c1Cl)C1CCC(C)(C)CC1. The van der Waals surface area contributed by atoms with Gasteiger partial charge in [0, 0.05) is 24.8 Å². The maximum Gasteiger partial charge on any atom is 0.148 e. The number of nitrogens with two attached hydrogens (primary N) is 1. The molecule has 1 aromatic heterocycles. The normalized spacial score (nSPS) is 18.8. The third kappa shape index (κ3) is 3.06. The van der Waals surface area contributed by atoms with Crippen LogP contribution in [0.5, 0.6) is 0 Å². The molecule has 3 N–H and O–H groups in total. The summed E-state index contributed by atoms with van der Waals surface area (Å²) in [6.45, 7) is 4.65. The highest BCUT2D eigenvalue weighted by Crippen LogP contribution is 2.38. The minimum atomic E-state index is -0.0168. The molecule has 0 saturated heterocycles. The zero-order valence-electron chi connectivity index (χ0n) is 12.4. The van der Waals surface area contributed by atoms with Crippen LogP contribution in [0.25, 0.3) is 0 Å². The third-order valence-corrected chi connectivity index (χ3v) is 4.72. The van der Waals surface area contributed by atoms with E-state index in [1.807, 2.05) is 7.05 Å². The van der Waals surface area contributed by atoms with Gasteiger partial charge in [0.05, 0.1) is 5.02 Å². The first-order valence-corrected chi connectivity index (χ1v) is 7.41. The largest absolute Gasteiger partial charge is 0.384 e. The van der Waals surface area contributed by atoms with Crippen LogP contribution < -0.4 is 10.6 Å². The van der Waals surface area contributed by atoms with Crippen molar-refractivity contribution in [3.63, 3.8) is 0 Å². The van der Waals surface area contributed by atoms with Crippen LogP contribution in [0.1, 0.15) is 45.1 Å². The highest BCUT2D eigenvalue weighted by molar-refractivity contribution is 6.36. The lowest BCUT2D eigenvalue weighted by atomic mass is 9.75. The molecule has 1 heterocycles. The van der Waals surface area contributed by atoms with Gasteiger partial charge in [0.1, 0.15) is 11.7 Å². The van der Waals surface area contributed by atoms with E-state index in [2.05, 4.69) is 23.7 Å². The van der Waals surface area contributed by atoms with Gasteiger partial charge in [0.2, 0.25) is 0 Å². The fourth-order valence-corrected chi connectivity index (χ4v) is 3.18. The number of hydrogen-bond donors (Lipinski definition) is 2. The maximum absolute atomic E-state index is 7.56. The Balaban J connectivity index is 2.20. The van der Waals surface area contributed by atoms with E-state index in [1.165, 1.54) is 12.8 Å². The van der Waals surface area contributed by atoms with E-state index in [9.17, 15) is 0 Å². The minimum Gasteiger partial charge on any atom is -0.384 e.